The quantitative estimate of drug-likeness (QED) is 0.199. The predicted octanol–water partition coefficient (Wildman–Crippen LogP) is 4.01. The average Bonchev–Trinajstić information content (AvgIpc) is 2.12. The zero-order valence-corrected chi connectivity index (χ0v) is 21.4. The molecule has 0 N–H and O–H groups in total. The summed E-state index contributed by atoms with van der Waals surface area (Å²) in [6.45, 7) is 4.51. The Morgan fingerprint density at radius 1 is 0.923 bits per heavy atom. The molecule has 73 valence electrons. The van der Waals surface area contributed by atoms with Gasteiger partial charge in [-0.05, 0) is 0 Å². The van der Waals surface area contributed by atoms with Crippen LogP contribution in [0.3, 0.4) is 0 Å². The summed E-state index contributed by atoms with van der Waals surface area (Å²) in [4.78, 5) is 0. The number of thiol groups is 1. The molecule has 0 saturated carbocycles. The van der Waals surface area contributed by atoms with Crippen LogP contribution in [0, 0.1) is 0 Å². The van der Waals surface area contributed by atoms with E-state index in [9.17, 15) is 0 Å². The summed E-state index contributed by atoms with van der Waals surface area (Å²) in [5, 5.41) is 0. The van der Waals surface area contributed by atoms with Gasteiger partial charge in [0, 0.05) is 0 Å². The zero-order valence-electron chi connectivity index (χ0n) is 9.52. The van der Waals surface area contributed by atoms with Gasteiger partial charge in [-0.3, -0.25) is 0 Å². The molecule has 0 aromatic carbocycles. The van der Waals surface area contributed by atoms with Crippen LogP contribution in [0.5, 0.6) is 0 Å². The minimum Gasteiger partial charge on any atom is -0.813 e. The van der Waals surface area contributed by atoms with Gasteiger partial charge >= 0.3 is 112 Å². The molecule has 0 nitrogen and oxygen atoms in total. The second-order valence-electron chi connectivity index (χ2n) is 3.12. The van der Waals surface area contributed by atoms with Crippen molar-refractivity contribution in [2.24, 2.45) is 0 Å². The molecule has 0 rings (SSSR count). The fraction of sp³-hybridized carbons (Fsp3) is 1.00. The van der Waals surface area contributed by atoms with Crippen LogP contribution in [0.2, 0.25) is 7.86 Å². The van der Waals surface area contributed by atoms with Crippen molar-refractivity contribution in [3.63, 3.8) is 0 Å². The van der Waals surface area contributed by atoms with Crippen LogP contribution in [0.1, 0.15) is 52.4 Å². The molecular formula is C10H23Hg2S. The summed E-state index contributed by atoms with van der Waals surface area (Å²) < 4.78 is 3.10. The molecule has 0 amide bonds. The standard InChI is InChI=1S/2C5H11.2Hg.H2S/c2*1-3-5-4-2;;;/h2*1,3-5H2,2H3;;;1H2/q;;;+1;/p-1. The Morgan fingerprint density at radius 2 is 1.38 bits per heavy atom. The minimum absolute atomic E-state index is 0. The van der Waals surface area contributed by atoms with Crippen LogP contribution >= 0.6 is 0 Å². The van der Waals surface area contributed by atoms with Crippen molar-refractivity contribution in [1.29, 1.82) is 0 Å². The van der Waals surface area contributed by atoms with Gasteiger partial charge in [-0.1, -0.05) is 0 Å². The van der Waals surface area contributed by atoms with Gasteiger partial charge in [0.05, 0.1) is 0 Å². The van der Waals surface area contributed by atoms with Crippen molar-refractivity contribution in [2.45, 2.75) is 60.2 Å². The second-order valence-corrected chi connectivity index (χ2v) is 8.62. The van der Waals surface area contributed by atoms with E-state index >= 15 is 0 Å². The van der Waals surface area contributed by atoms with Gasteiger partial charge in [-0.2, -0.15) is 0 Å². The molecule has 0 bridgehead atoms. The number of unbranched alkanes of at least 4 members (excludes halogenated alkanes) is 4. The molecule has 0 fully saturated rings. The largest absolute Gasteiger partial charge is 0.813 e. The summed E-state index contributed by atoms with van der Waals surface area (Å²) in [5.74, 6) is 0. The van der Waals surface area contributed by atoms with Crippen LogP contribution in [-0.2, 0) is 65.7 Å². The summed E-state index contributed by atoms with van der Waals surface area (Å²) in [6.07, 6.45) is 8.70. The smallest absolute Gasteiger partial charge is 0.813 e. The summed E-state index contributed by atoms with van der Waals surface area (Å²) in [6, 6.07) is 0. The van der Waals surface area contributed by atoms with Crippen molar-refractivity contribution in [3.05, 3.63) is 0 Å². The maximum atomic E-state index is 2.25. The van der Waals surface area contributed by atoms with E-state index in [2.05, 4.69) is 13.8 Å². The van der Waals surface area contributed by atoms with E-state index in [1.807, 2.05) is 0 Å². The van der Waals surface area contributed by atoms with Gasteiger partial charge in [0.25, 0.3) is 0 Å². The van der Waals surface area contributed by atoms with E-state index in [4.69, 9.17) is 0 Å². The Bertz CT molecular complexity index is 44.9. The molecule has 0 aliphatic carbocycles. The third-order valence-electron chi connectivity index (χ3n) is 1.71. The van der Waals surface area contributed by atoms with Crippen molar-refractivity contribution < 1.29 is 52.2 Å². The van der Waals surface area contributed by atoms with Crippen LogP contribution in [0.4, 0.5) is 0 Å². The van der Waals surface area contributed by atoms with E-state index in [1.54, 1.807) is 7.86 Å². The normalized spacial score (nSPS) is 8.46. The van der Waals surface area contributed by atoms with Crippen LogP contribution in [0.15, 0.2) is 0 Å². The summed E-state index contributed by atoms with van der Waals surface area (Å²) >= 11 is 2.14. The van der Waals surface area contributed by atoms with Crippen LogP contribution < -0.4 is 0 Å². The Balaban J connectivity index is -0.000000143. The Morgan fingerprint density at radius 3 is 1.54 bits per heavy atom. The van der Waals surface area contributed by atoms with Crippen LogP contribution in [0.25, 0.3) is 0 Å². The third kappa shape index (κ3) is 31.4. The molecule has 0 atom stereocenters. The molecule has 0 aliphatic rings. The Hall–Kier alpha value is 2.22. The van der Waals surface area contributed by atoms with Gasteiger partial charge in [0.1, 0.15) is 0 Å². The topological polar surface area (TPSA) is 0 Å². The average molecular weight is 577 g/mol. The van der Waals surface area contributed by atoms with Crippen molar-refractivity contribution >= 4 is 13.5 Å². The van der Waals surface area contributed by atoms with Gasteiger partial charge < -0.3 is 13.5 Å². The number of hydrogen-bond donors (Lipinski definition) is 0. The molecule has 0 heterocycles. The first-order valence-corrected chi connectivity index (χ1v) is 13.2. The molecule has 3 heteroatoms. The molecule has 0 aliphatic heterocycles. The Kier molecular flexibility index (Phi) is 37.7. The van der Waals surface area contributed by atoms with Gasteiger partial charge in [-0.25, -0.2) is 0 Å². The fourth-order valence-corrected chi connectivity index (χ4v) is 3.60. The zero-order chi connectivity index (χ0) is 9.66. The predicted molar refractivity (Wildman–Crippen MR) is 57.4 cm³/mol. The minimum atomic E-state index is 0. The molecule has 0 unspecified atom stereocenters. The monoisotopic (exact) mass is 579 g/mol. The fourth-order valence-electron chi connectivity index (χ4n) is 0.854. The van der Waals surface area contributed by atoms with Crippen molar-refractivity contribution in [3.8, 4) is 0 Å². The third-order valence-corrected chi connectivity index (χ3v) is 5.59. The van der Waals surface area contributed by atoms with Crippen molar-refractivity contribution in [1.82, 2.24) is 0 Å². The molecule has 0 aromatic rings. The number of rotatable bonds is 6. The van der Waals surface area contributed by atoms with E-state index in [1.165, 1.54) is 38.5 Å². The van der Waals surface area contributed by atoms with Gasteiger partial charge in [-0.15, -0.1) is 0 Å². The van der Waals surface area contributed by atoms with Gasteiger partial charge in [0.2, 0.25) is 0 Å². The SMILES string of the molecule is CCCC[CH2][Hg+].CCCC[CH2][Hg].[SH-]. The molecule has 0 spiro atoms. The molecule has 13 heavy (non-hydrogen) atoms. The maximum absolute atomic E-state index is 2.25. The van der Waals surface area contributed by atoms with Crippen molar-refractivity contribution in [2.75, 3.05) is 0 Å². The van der Waals surface area contributed by atoms with Crippen LogP contribution in [-0.4, -0.2) is 0 Å². The molecule has 0 saturated heterocycles. The molecule has 0 aromatic heterocycles. The van der Waals surface area contributed by atoms with E-state index in [0.29, 0.717) is 0 Å². The van der Waals surface area contributed by atoms with E-state index in [0.717, 1.165) is 52.2 Å². The summed E-state index contributed by atoms with van der Waals surface area (Å²) in [5.41, 5.74) is 0. The van der Waals surface area contributed by atoms with E-state index in [-0.39, 0.29) is 13.5 Å². The molecular weight excluding hydrogens is 553 g/mol. The van der Waals surface area contributed by atoms with Gasteiger partial charge in [0.15, 0.2) is 0 Å². The second kappa shape index (κ2) is 23.8. The first-order valence-electron chi connectivity index (χ1n) is 5.41. The Labute approximate surface area is 124 Å². The first-order chi connectivity index (χ1) is 5.83. The first kappa shape index (κ1) is 20.6. The molecule has 0 radical (unpaired) electrons. The summed E-state index contributed by atoms with van der Waals surface area (Å²) in [7, 11) is 0. The maximum Gasteiger partial charge on any atom is -0.813 e. The van der Waals surface area contributed by atoms with E-state index < -0.39 is 0 Å². The number of hydrogen-bond acceptors (Lipinski definition) is 1.